The van der Waals surface area contributed by atoms with E-state index in [0.717, 1.165) is 42.3 Å². The molecule has 10 rings (SSSR count). The minimum atomic E-state index is -3.65. The Hall–Kier alpha value is -4.46. The molecule has 16 nitrogen and oxygen atoms in total. The Morgan fingerprint density at radius 1 is 0.607 bits per heavy atom. The molecule has 6 fully saturated rings. The molecule has 0 bridgehead atoms. The first-order valence-electron chi connectivity index (χ1n) is 20.9. The summed E-state index contributed by atoms with van der Waals surface area (Å²) in [6.07, 6.45) is 6.05. The van der Waals surface area contributed by atoms with Crippen LogP contribution < -0.4 is 10.6 Å². The van der Waals surface area contributed by atoms with E-state index in [9.17, 15) is 26.4 Å². The van der Waals surface area contributed by atoms with Crippen molar-refractivity contribution in [2.24, 2.45) is 17.8 Å². The van der Waals surface area contributed by atoms with E-state index < -0.39 is 25.6 Å². The highest BCUT2D eigenvalue weighted by Gasteiger charge is 2.52. The van der Waals surface area contributed by atoms with E-state index >= 15 is 0 Å². The number of aromatic nitrogens is 2. The largest absolute Gasteiger partial charge is 0.444 e. The lowest BCUT2D eigenvalue weighted by Crippen LogP contribution is -2.59. The third-order valence-electron chi connectivity index (χ3n) is 12.2. The van der Waals surface area contributed by atoms with E-state index in [1.807, 2.05) is 58.6 Å². The van der Waals surface area contributed by atoms with Crippen molar-refractivity contribution in [3.8, 4) is 0 Å². The maximum atomic E-state index is 13.2. The molecule has 61 heavy (non-hydrogen) atoms. The van der Waals surface area contributed by atoms with Crippen molar-refractivity contribution in [1.82, 2.24) is 39.0 Å². The minimum Gasteiger partial charge on any atom is -0.444 e. The molecule has 4 aromatic rings. The molecule has 6 atom stereocenters. The molecular formula is C43H56N8O8S2. The van der Waals surface area contributed by atoms with Crippen LogP contribution in [0.1, 0.15) is 41.5 Å². The summed E-state index contributed by atoms with van der Waals surface area (Å²) >= 11 is 0. The normalized spacial score (nSPS) is 26.0. The standard InChI is InChI=1S/C19H23N3O4S.C14H15N3O2S.C10H18N2O2/c1-19(2,3)26-18(23)22-11-14-10-21(12-16(14)22)27(24,25)17-6-4-5-13-9-20-8-7-15(13)17;18-20(19,17-8-11-7-16-13(11)9-17)14-3-1-2-10-6-15-5-4-12(10)14;1-10(2,3)14-9(13)12-6-7-4-11-5-8(7)12/h4-9,14,16H,10-12H2,1-3H3;1-6,11,13,16H,7-9H2;7-8,11H,4-6H2,1-3H3/t14-,16-;11-,13+;7-,8-/m010/s1. The molecule has 6 aliphatic rings. The molecule has 2 aromatic carbocycles. The molecule has 8 heterocycles. The molecule has 0 aliphatic carbocycles. The third-order valence-corrected chi connectivity index (χ3v) is 15.9. The summed E-state index contributed by atoms with van der Waals surface area (Å²) in [5.74, 6) is 1.29. The van der Waals surface area contributed by atoms with Gasteiger partial charge in [-0.2, -0.15) is 8.61 Å². The Morgan fingerprint density at radius 3 is 1.59 bits per heavy atom. The van der Waals surface area contributed by atoms with E-state index in [-0.39, 0.29) is 34.6 Å². The predicted octanol–water partition coefficient (Wildman–Crippen LogP) is 4.13. The van der Waals surface area contributed by atoms with Gasteiger partial charge in [0, 0.05) is 129 Å². The summed E-state index contributed by atoms with van der Waals surface area (Å²) in [6.45, 7) is 17.4. The topological polar surface area (TPSA) is 184 Å². The van der Waals surface area contributed by atoms with Gasteiger partial charge in [-0.05, 0) is 65.8 Å². The van der Waals surface area contributed by atoms with Crippen molar-refractivity contribution in [2.75, 3.05) is 58.9 Å². The second-order valence-corrected chi connectivity index (χ2v) is 22.5. The van der Waals surface area contributed by atoms with Crippen LogP contribution in [0.15, 0.2) is 83.1 Å². The van der Waals surface area contributed by atoms with Crippen molar-refractivity contribution in [3.05, 3.63) is 73.3 Å². The molecule has 0 spiro atoms. The second-order valence-electron chi connectivity index (χ2n) is 18.7. The van der Waals surface area contributed by atoms with Gasteiger partial charge in [-0.15, -0.1) is 0 Å². The SMILES string of the molecule is CC(C)(C)OC(=O)N1C[C@@H]2CN(S(=O)(=O)c3cccc4cnccc34)C[C@@H]21.CC(C)(C)OC(=O)N1C[C@@H]2CNC[C@@H]21.O=S(=O)(c1cccc2cnccc12)N1C[C@H]2CN[C@H]2C1. The summed E-state index contributed by atoms with van der Waals surface area (Å²) in [5, 5.41) is 9.62. The van der Waals surface area contributed by atoms with Gasteiger partial charge in [-0.1, -0.05) is 24.3 Å². The Labute approximate surface area is 358 Å². The van der Waals surface area contributed by atoms with E-state index in [2.05, 4.69) is 20.6 Å². The Kier molecular flexibility index (Phi) is 11.6. The average molecular weight is 877 g/mol. The van der Waals surface area contributed by atoms with E-state index in [1.54, 1.807) is 70.4 Å². The van der Waals surface area contributed by atoms with Crippen LogP contribution in [0.4, 0.5) is 9.59 Å². The van der Waals surface area contributed by atoms with Gasteiger partial charge >= 0.3 is 12.2 Å². The Morgan fingerprint density at radius 2 is 1.11 bits per heavy atom. The number of pyridine rings is 2. The predicted molar refractivity (Wildman–Crippen MR) is 230 cm³/mol. The summed E-state index contributed by atoms with van der Waals surface area (Å²) < 4.78 is 66.0. The van der Waals surface area contributed by atoms with Crippen LogP contribution in [0.25, 0.3) is 21.5 Å². The first kappa shape index (κ1) is 43.2. The van der Waals surface area contributed by atoms with Crippen LogP contribution in [0.5, 0.6) is 0 Å². The van der Waals surface area contributed by atoms with Crippen LogP contribution in [-0.2, 0) is 29.5 Å². The van der Waals surface area contributed by atoms with Crippen LogP contribution >= 0.6 is 0 Å². The monoisotopic (exact) mass is 876 g/mol. The molecule has 328 valence electrons. The lowest BCUT2D eigenvalue weighted by Gasteiger charge is -2.43. The van der Waals surface area contributed by atoms with Crippen LogP contribution in [0.2, 0.25) is 0 Å². The van der Waals surface area contributed by atoms with Crippen molar-refractivity contribution in [3.63, 3.8) is 0 Å². The number of nitrogens with one attached hydrogen (secondary N) is 2. The number of hydrogen-bond donors (Lipinski definition) is 2. The summed E-state index contributed by atoms with van der Waals surface area (Å²) in [5.41, 5.74) is -0.947. The maximum absolute atomic E-state index is 13.2. The molecule has 18 heteroatoms. The number of carbonyl (C=O) groups is 2. The number of nitrogens with zero attached hydrogens (tertiary/aromatic N) is 6. The summed E-state index contributed by atoms with van der Waals surface area (Å²) in [4.78, 5) is 36.2. The molecule has 0 radical (unpaired) electrons. The lowest BCUT2D eigenvalue weighted by atomic mass is 9.93. The van der Waals surface area contributed by atoms with Gasteiger partial charge in [-0.3, -0.25) is 9.97 Å². The molecule has 2 N–H and O–H groups in total. The first-order valence-corrected chi connectivity index (χ1v) is 23.8. The fraction of sp³-hybridized carbons (Fsp3) is 0.535. The van der Waals surface area contributed by atoms with E-state index in [1.165, 1.54) is 4.31 Å². The zero-order chi connectivity index (χ0) is 43.5. The third kappa shape index (κ3) is 8.80. The highest BCUT2D eigenvalue weighted by molar-refractivity contribution is 7.89. The molecule has 2 amide bonds. The number of carbonyl (C=O) groups excluding carboxylic acids is 2. The van der Waals surface area contributed by atoms with Crippen LogP contribution in [0, 0.1) is 17.8 Å². The fourth-order valence-electron chi connectivity index (χ4n) is 8.90. The molecule has 0 unspecified atom stereocenters. The first-order chi connectivity index (χ1) is 28.8. The fourth-order valence-corrected chi connectivity index (χ4v) is 12.4. The van der Waals surface area contributed by atoms with Gasteiger partial charge in [-0.25, -0.2) is 26.4 Å². The number of rotatable bonds is 4. The highest BCUT2D eigenvalue weighted by atomic mass is 32.2. The molecule has 6 saturated heterocycles. The Bertz CT molecular complexity index is 2510. The van der Waals surface area contributed by atoms with E-state index in [0.29, 0.717) is 66.9 Å². The quantitative estimate of drug-likeness (QED) is 0.300. The molecule has 6 aliphatic heterocycles. The minimum absolute atomic E-state index is 0.119. The maximum Gasteiger partial charge on any atom is 0.410 e. The van der Waals surface area contributed by atoms with Crippen molar-refractivity contribution >= 4 is 53.8 Å². The molecule has 0 saturated carbocycles. The van der Waals surface area contributed by atoms with Gasteiger partial charge in [0.1, 0.15) is 11.2 Å². The van der Waals surface area contributed by atoms with Crippen molar-refractivity contribution < 1.29 is 35.9 Å². The number of amides is 2. The van der Waals surface area contributed by atoms with Crippen molar-refractivity contribution in [1.29, 1.82) is 0 Å². The lowest BCUT2D eigenvalue weighted by molar-refractivity contribution is -0.0172. The zero-order valence-corrected chi connectivity index (χ0v) is 37.2. The van der Waals surface area contributed by atoms with Crippen LogP contribution in [-0.4, -0.2) is 146 Å². The Balaban J connectivity index is 0.000000133. The number of sulfonamides is 2. The number of fused-ring (bicyclic) bond motifs is 5. The summed E-state index contributed by atoms with van der Waals surface area (Å²) in [6, 6.07) is 14.6. The average Bonchev–Trinajstić information content (AvgIpc) is 3.81. The number of likely N-dealkylation sites (tertiary alicyclic amines) is 2. The molecule has 2 aromatic heterocycles. The van der Waals surface area contributed by atoms with Gasteiger partial charge in [0.2, 0.25) is 20.0 Å². The number of benzene rings is 2. The highest BCUT2D eigenvalue weighted by Crippen LogP contribution is 2.38. The van der Waals surface area contributed by atoms with Crippen molar-refractivity contribution in [2.45, 2.75) is 80.7 Å². The number of ether oxygens (including phenoxy) is 2. The smallest absolute Gasteiger partial charge is 0.410 e. The summed E-state index contributed by atoms with van der Waals surface area (Å²) in [7, 11) is -7.07. The van der Waals surface area contributed by atoms with E-state index in [4.69, 9.17) is 9.47 Å². The van der Waals surface area contributed by atoms with Gasteiger partial charge in [0.25, 0.3) is 0 Å². The zero-order valence-electron chi connectivity index (χ0n) is 35.5. The second kappa shape index (κ2) is 16.3. The van der Waals surface area contributed by atoms with Crippen LogP contribution in [0.3, 0.4) is 0 Å². The molecular weight excluding hydrogens is 821 g/mol. The van der Waals surface area contributed by atoms with Gasteiger partial charge in [0.15, 0.2) is 0 Å². The van der Waals surface area contributed by atoms with Gasteiger partial charge in [0.05, 0.1) is 21.9 Å². The number of hydrogen-bond acceptors (Lipinski definition) is 12. The van der Waals surface area contributed by atoms with Gasteiger partial charge < -0.3 is 29.9 Å².